The van der Waals surface area contributed by atoms with Crippen LogP contribution in [-0.4, -0.2) is 24.7 Å². The molecular formula is C25H24ClFN6. The predicted octanol–water partition coefficient (Wildman–Crippen LogP) is 6.24. The molecule has 168 valence electrons. The van der Waals surface area contributed by atoms with E-state index >= 15 is 0 Å². The van der Waals surface area contributed by atoms with E-state index in [0.29, 0.717) is 18.1 Å². The molecule has 3 aromatic heterocycles. The van der Waals surface area contributed by atoms with Crippen molar-refractivity contribution in [2.24, 2.45) is 0 Å². The fraction of sp³-hybridized carbons (Fsp3) is 0.160. The summed E-state index contributed by atoms with van der Waals surface area (Å²) >= 11 is 0. The van der Waals surface area contributed by atoms with Gasteiger partial charge in [-0.25, -0.2) is 9.37 Å². The minimum atomic E-state index is -0.294. The van der Waals surface area contributed by atoms with Crippen molar-refractivity contribution < 1.29 is 4.39 Å². The zero-order chi connectivity index (χ0) is 22.1. The maximum atomic E-state index is 14.0. The van der Waals surface area contributed by atoms with E-state index in [9.17, 15) is 4.39 Å². The van der Waals surface area contributed by atoms with Crippen molar-refractivity contribution in [1.29, 1.82) is 0 Å². The summed E-state index contributed by atoms with van der Waals surface area (Å²) in [5.41, 5.74) is 4.78. The van der Waals surface area contributed by atoms with Crippen LogP contribution in [0.1, 0.15) is 25.7 Å². The minimum absolute atomic E-state index is 0. The van der Waals surface area contributed by atoms with Gasteiger partial charge in [-0.05, 0) is 50.2 Å². The fourth-order valence-corrected chi connectivity index (χ4v) is 3.67. The van der Waals surface area contributed by atoms with Gasteiger partial charge in [-0.2, -0.15) is 5.10 Å². The zero-order valence-electron chi connectivity index (χ0n) is 18.3. The van der Waals surface area contributed by atoms with Crippen molar-refractivity contribution >= 4 is 29.0 Å². The van der Waals surface area contributed by atoms with Crippen LogP contribution < -0.4 is 5.32 Å². The van der Waals surface area contributed by atoms with Crippen LogP contribution in [0.4, 0.5) is 10.1 Å². The molecule has 8 heteroatoms. The maximum Gasteiger partial charge on any atom is 0.146 e. The number of para-hydroxylation sites is 1. The Morgan fingerprint density at radius 1 is 1.06 bits per heavy atom. The molecule has 5 rings (SSSR count). The number of nitrogens with zero attached hydrogens (tertiary/aromatic N) is 4. The first-order valence-electron chi connectivity index (χ1n) is 10.6. The van der Waals surface area contributed by atoms with Crippen molar-refractivity contribution in [3.05, 3.63) is 84.7 Å². The molecule has 3 heterocycles. The van der Waals surface area contributed by atoms with Gasteiger partial charge in [0.2, 0.25) is 0 Å². The second-order valence-corrected chi connectivity index (χ2v) is 7.93. The Morgan fingerprint density at radius 2 is 1.91 bits per heavy atom. The Hall–Kier alpha value is -3.71. The van der Waals surface area contributed by atoms with Gasteiger partial charge >= 0.3 is 0 Å². The van der Waals surface area contributed by atoms with E-state index < -0.39 is 0 Å². The number of H-pyrrole nitrogens is 1. The molecule has 0 radical (unpaired) electrons. The van der Waals surface area contributed by atoms with E-state index in [1.54, 1.807) is 24.4 Å². The molecule has 0 saturated carbocycles. The van der Waals surface area contributed by atoms with E-state index in [2.05, 4.69) is 35.2 Å². The molecule has 5 aromatic rings. The molecule has 0 amide bonds. The SMILES string of the molecule is CC(C)n1ccc(-c2nc(CNc3ccccc3F)[nH]c2-c2ccc3ncccc3c2)n1.Cl. The van der Waals surface area contributed by atoms with E-state index in [0.717, 1.165) is 33.5 Å². The number of anilines is 1. The number of imidazole rings is 1. The fourth-order valence-electron chi connectivity index (χ4n) is 3.67. The van der Waals surface area contributed by atoms with Crippen LogP contribution >= 0.6 is 12.4 Å². The quantitative estimate of drug-likeness (QED) is 0.313. The van der Waals surface area contributed by atoms with Crippen LogP contribution in [0.15, 0.2) is 73.1 Å². The standard InChI is InChI=1S/C25H23FN6.ClH/c1-16(2)32-13-11-22(31-32)25-24(18-9-10-20-17(14-18)6-5-12-27-20)29-23(30-25)15-28-21-8-4-3-7-19(21)26;/h3-14,16,28H,15H2,1-2H3,(H,29,30);1H. The summed E-state index contributed by atoms with van der Waals surface area (Å²) in [6.45, 7) is 4.53. The average Bonchev–Trinajstić information content (AvgIpc) is 3.46. The Balaban J connectivity index is 0.00000259. The number of hydrogen-bond acceptors (Lipinski definition) is 4. The first-order chi connectivity index (χ1) is 15.6. The lowest BCUT2D eigenvalue weighted by molar-refractivity contribution is 0.534. The monoisotopic (exact) mass is 462 g/mol. The topological polar surface area (TPSA) is 71.4 Å². The minimum Gasteiger partial charge on any atom is -0.375 e. The van der Waals surface area contributed by atoms with Crippen molar-refractivity contribution in [3.8, 4) is 22.6 Å². The number of aromatic nitrogens is 5. The molecular weight excluding hydrogens is 439 g/mol. The third kappa shape index (κ3) is 4.59. The van der Waals surface area contributed by atoms with E-state index in [1.807, 2.05) is 41.2 Å². The number of aromatic amines is 1. The van der Waals surface area contributed by atoms with E-state index in [1.165, 1.54) is 6.07 Å². The molecule has 2 aromatic carbocycles. The van der Waals surface area contributed by atoms with Gasteiger partial charge in [0.05, 0.1) is 23.4 Å². The summed E-state index contributed by atoms with van der Waals surface area (Å²) < 4.78 is 15.9. The normalized spacial score (nSPS) is 11.0. The Kier molecular flexibility index (Phi) is 6.42. The molecule has 0 unspecified atom stereocenters. The highest BCUT2D eigenvalue weighted by atomic mass is 35.5. The summed E-state index contributed by atoms with van der Waals surface area (Å²) in [5, 5.41) is 8.88. The van der Waals surface area contributed by atoms with Crippen molar-refractivity contribution in [3.63, 3.8) is 0 Å². The number of pyridine rings is 1. The summed E-state index contributed by atoms with van der Waals surface area (Å²) in [5.74, 6) is 0.404. The summed E-state index contributed by atoms with van der Waals surface area (Å²) in [4.78, 5) is 12.7. The first kappa shape index (κ1) is 22.5. The molecule has 0 spiro atoms. The molecule has 0 atom stereocenters. The summed E-state index contributed by atoms with van der Waals surface area (Å²) in [6.07, 6.45) is 3.74. The lowest BCUT2D eigenvalue weighted by Gasteiger charge is -2.05. The van der Waals surface area contributed by atoms with Gasteiger partial charge in [-0.15, -0.1) is 12.4 Å². The molecule has 0 fully saturated rings. The highest BCUT2D eigenvalue weighted by Crippen LogP contribution is 2.31. The van der Waals surface area contributed by atoms with Gasteiger partial charge in [0.25, 0.3) is 0 Å². The molecule has 0 saturated heterocycles. The van der Waals surface area contributed by atoms with Crippen LogP contribution in [-0.2, 0) is 6.54 Å². The van der Waals surface area contributed by atoms with Gasteiger partial charge in [0, 0.05) is 29.4 Å². The van der Waals surface area contributed by atoms with E-state index in [-0.39, 0.29) is 24.3 Å². The van der Waals surface area contributed by atoms with Gasteiger partial charge in [0.1, 0.15) is 23.0 Å². The number of rotatable bonds is 6. The number of fused-ring (bicyclic) bond motifs is 1. The molecule has 33 heavy (non-hydrogen) atoms. The Bertz CT molecular complexity index is 1390. The second-order valence-electron chi connectivity index (χ2n) is 7.93. The number of benzene rings is 2. The third-order valence-corrected chi connectivity index (χ3v) is 5.34. The van der Waals surface area contributed by atoms with E-state index in [4.69, 9.17) is 10.1 Å². The van der Waals surface area contributed by atoms with Gasteiger partial charge in [-0.3, -0.25) is 9.67 Å². The molecule has 0 aliphatic carbocycles. The Labute approximate surface area is 197 Å². The van der Waals surface area contributed by atoms with Crippen LogP contribution in [0.25, 0.3) is 33.5 Å². The lowest BCUT2D eigenvalue weighted by atomic mass is 10.1. The summed E-state index contributed by atoms with van der Waals surface area (Å²) in [7, 11) is 0. The van der Waals surface area contributed by atoms with Crippen LogP contribution in [0.2, 0.25) is 0 Å². The van der Waals surface area contributed by atoms with Crippen molar-refractivity contribution in [2.45, 2.75) is 26.4 Å². The summed E-state index contributed by atoms with van der Waals surface area (Å²) in [6, 6.07) is 18.9. The number of halogens is 2. The van der Waals surface area contributed by atoms with Crippen molar-refractivity contribution in [2.75, 3.05) is 5.32 Å². The maximum absolute atomic E-state index is 14.0. The second kappa shape index (κ2) is 9.42. The zero-order valence-corrected chi connectivity index (χ0v) is 19.1. The average molecular weight is 463 g/mol. The molecule has 0 aliphatic rings. The Morgan fingerprint density at radius 3 is 2.70 bits per heavy atom. The number of nitrogens with one attached hydrogen (secondary N) is 2. The van der Waals surface area contributed by atoms with Crippen LogP contribution in [0.5, 0.6) is 0 Å². The highest BCUT2D eigenvalue weighted by molar-refractivity contribution is 5.87. The first-order valence-corrected chi connectivity index (χ1v) is 10.6. The smallest absolute Gasteiger partial charge is 0.146 e. The van der Waals surface area contributed by atoms with Gasteiger partial charge in [0.15, 0.2) is 0 Å². The molecule has 6 nitrogen and oxygen atoms in total. The van der Waals surface area contributed by atoms with Crippen LogP contribution in [0.3, 0.4) is 0 Å². The number of hydrogen-bond donors (Lipinski definition) is 2. The predicted molar refractivity (Wildman–Crippen MR) is 132 cm³/mol. The van der Waals surface area contributed by atoms with Gasteiger partial charge < -0.3 is 10.3 Å². The molecule has 0 aliphatic heterocycles. The third-order valence-electron chi connectivity index (χ3n) is 5.34. The lowest BCUT2D eigenvalue weighted by Crippen LogP contribution is -2.03. The van der Waals surface area contributed by atoms with Gasteiger partial charge in [-0.1, -0.05) is 24.3 Å². The highest BCUT2D eigenvalue weighted by Gasteiger charge is 2.17. The largest absolute Gasteiger partial charge is 0.375 e. The van der Waals surface area contributed by atoms with Crippen LogP contribution in [0, 0.1) is 5.82 Å². The molecule has 0 bridgehead atoms. The van der Waals surface area contributed by atoms with Crippen molar-refractivity contribution in [1.82, 2.24) is 24.7 Å². The molecule has 2 N–H and O–H groups in total.